The highest BCUT2D eigenvalue weighted by molar-refractivity contribution is 6.99. The fourth-order valence-electron chi connectivity index (χ4n) is 3.48. The molecule has 1 N–H and O–H groups in total. The Kier molecular flexibility index (Phi) is 7.63. The number of nitrogens with zero attached hydrogens (tertiary/aromatic N) is 6. The van der Waals surface area contributed by atoms with Gasteiger partial charge in [0.05, 0.1) is 37.2 Å². The largest absolute Gasteiger partial charge is 0.468 e. The van der Waals surface area contributed by atoms with Crippen molar-refractivity contribution >= 4 is 29.2 Å². The van der Waals surface area contributed by atoms with Crippen LogP contribution in [0, 0.1) is 13.8 Å². The van der Waals surface area contributed by atoms with Crippen LogP contribution in [0.2, 0.25) is 0 Å². The number of ether oxygens (including phenoxy) is 2. The van der Waals surface area contributed by atoms with Crippen LogP contribution in [0.15, 0.2) is 41.5 Å². The summed E-state index contributed by atoms with van der Waals surface area (Å²) in [7, 11) is 0. The molecule has 1 fully saturated rings. The van der Waals surface area contributed by atoms with E-state index in [4.69, 9.17) is 9.47 Å². The first-order valence-corrected chi connectivity index (χ1v) is 11.5. The summed E-state index contributed by atoms with van der Waals surface area (Å²) in [6.07, 6.45) is 0.269. The smallest absolute Gasteiger partial charge is 0.271 e. The lowest BCUT2D eigenvalue weighted by Crippen LogP contribution is -2.36. The number of anilines is 1. The Bertz CT molecular complexity index is 1090. The minimum atomic E-state index is -0.194. The lowest BCUT2D eigenvalue weighted by molar-refractivity contribution is -0.121. The molecule has 0 atom stereocenters. The number of hydrogen-bond donors (Lipinski definition) is 1. The van der Waals surface area contributed by atoms with Crippen molar-refractivity contribution in [3.63, 3.8) is 0 Å². The van der Waals surface area contributed by atoms with E-state index in [0.29, 0.717) is 37.2 Å². The van der Waals surface area contributed by atoms with Crippen LogP contribution in [0.1, 0.15) is 23.4 Å². The maximum Gasteiger partial charge on any atom is 0.271 e. The zero-order chi connectivity index (χ0) is 23.0. The second-order valence-corrected chi connectivity index (χ2v) is 8.17. The van der Waals surface area contributed by atoms with Gasteiger partial charge in [-0.15, -0.1) is 4.37 Å². The van der Waals surface area contributed by atoms with E-state index in [0.717, 1.165) is 41.8 Å². The number of hydrogen-bond acceptors (Lipinski definition) is 9. The van der Waals surface area contributed by atoms with Crippen LogP contribution in [0.25, 0.3) is 0 Å². The number of amides is 1. The maximum absolute atomic E-state index is 12.4. The average molecular weight is 470 g/mol. The summed E-state index contributed by atoms with van der Waals surface area (Å²) in [5.74, 6) is 0.978. The summed E-state index contributed by atoms with van der Waals surface area (Å²) in [6, 6.07) is 11.6. The summed E-state index contributed by atoms with van der Waals surface area (Å²) >= 11 is 1.11. The highest BCUT2D eigenvalue weighted by Gasteiger charge is 2.20. The number of hydrazone groups is 1. The average Bonchev–Trinajstić information content (AvgIpc) is 3.44. The third-order valence-electron chi connectivity index (χ3n) is 5.18. The summed E-state index contributed by atoms with van der Waals surface area (Å²) in [4.78, 5) is 14.5. The molecule has 0 spiro atoms. The molecule has 0 aliphatic carbocycles. The minimum absolute atomic E-state index is 0.143. The number of benzene rings is 1. The van der Waals surface area contributed by atoms with E-state index in [1.165, 1.54) is 0 Å². The van der Waals surface area contributed by atoms with Crippen LogP contribution in [-0.4, -0.2) is 63.1 Å². The number of morpholine rings is 1. The van der Waals surface area contributed by atoms with E-state index in [1.807, 2.05) is 54.9 Å². The molecular formula is C22H27N7O3S. The molecule has 10 nitrogen and oxygen atoms in total. The van der Waals surface area contributed by atoms with Crippen LogP contribution in [-0.2, 0) is 16.1 Å². The fraction of sp³-hybridized carbons (Fsp3) is 0.409. The van der Waals surface area contributed by atoms with Gasteiger partial charge in [-0.05, 0) is 19.9 Å². The normalized spacial score (nSPS) is 14.4. The van der Waals surface area contributed by atoms with Crippen LogP contribution in [0.5, 0.6) is 5.88 Å². The van der Waals surface area contributed by atoms with Gasteiger partial charge in [0.1, 0.15) is 12.3 Å². The molecule has 4 rings (SSSR count). The molecule has 1 aromatic carbocycles. The molecule has 0 radical (unpaired) electrons. The Morgan fingerprint density at radius 3 is 2.73 bits per heavy atom. The van der Waals surface area contributed by atoms with E-state index >= 15 is 0 Å². The van der Waals surface area contributed by atoms with Crippen LogP contribution in [0.3, 0.4) is 0 Å². The Labute approximate surface area is 196 Å². The van der Waals surface area contributed by atoms with Crippen molar-refractivity contribution in [2.24, 2.45) is 5.10 Å². The van der Waals surface area contributed by atoms with Crippen molar-refractivity contribution < 1.29 is 14.3 Å². The predicted octanol–water partition coefficient (Wildman–Crippen LogP) is 2.18. The number of nitrogens with one attached hydrogen (secondary N) is 1. The van der Waals surface area contributed by atoms with Crippen molar-refractivity contribution in [2.75, 3.05) is 37.8 Å². The Morgan fingerprint density at radius 1 is 1.21 bits per heavy atom. The summed E-state index contributed by atoms with van der Waals surface area (Å²) in [5, 5.41) is 8.75. The molecular weight excluding hydrogens is 442 g/mol. The number of rotatable bonds is 9. The molecule has 2 aromatic heterocycles. The minimum Gasteiger partial charge on any atom is -0.468 e. The Balaban J connectivity index is 1.40. The van der Waals surface area contributed by atoms with Gasteiger partial charge in [0.25, 0.3) is 5.88 Å². The third kappa shape index (κ3) is 6.14. The van der Waals surface area contributed by atoms with Crippen molar-refractivity contribution in [2.45, 2.75) is 26.8 Å². The second-order valence-electron chi connectivity index (χ2n) is 7.64. The van der Waals surface area contributed by atoms with Crippen molar-refractivity contribution in [3.05, 3.63) is 53.3 Å². The molecule has 33 heavy (non-hydrogen) atoms. The Hall–Kier alpha value is -3.31. The standard InChI is InChI=1S/C22H27N7O3S/c1-16-14-17(2)29(25-16)9-8-20(30)24-23-19(18-6-4-3-5-7-18)15-32-22-21(26-33-27-22)28-10-12-31-13-11-28/h3-7,14H,8-13,15H2,1-2H3,(H,24,30)/b23-19+. The molecule has 11 heteroatoms. The number of aryl methyl sites for hydroxylation is 3. The van der Waals surface area contributed by atoms with E-state index in [9.17, 15) is 4.79 Å². The molecule has 1 saturated heterocycles. The predicted molar refractivity (Wildman–Crippen MR) is 126 cm³/mol. The molecule has 3 aromatic rings. The van der Waals surface area contributed by atoms with Gasteiger partial charge in [-0.3, -0.25) is 9.48 Å². The molecule has 1 aliphatic heterocycles. The van der Waals surface area contributed by atoms with E-state index < -0.39 is 0 Å². The lowest BCUT2D eigenvalue weighted by atomic mass is 10.1. The van der Waals surface area contributed by atoms with E-state index in [-0.39, 0.29) is 18.9 Å². The van der Waals surface area contributed by atoms with Crippen molar-refractivity contribution in [1.29, 1.82) is 0 Å². The van der Waals surface area contributed by atoms with Crippen LogP contribution >= 0.6 is 11.7 Å². The monoisotopic (exact) mass is 469 g/mol. The van der Waals surface area contributed by atoms with Gasteiger partial charge in [-0.2, -0.15) is 14.6 Å². The van der Waals surface area contributed by atoms with Crippen LogP contribution < -0.4 is 15.1 Å². The SMILES string of the molecule is Cc1cc(C)n(CCC(=O)N/N=C(\COc2nsnc2N2CCOCC2)c2ccccc2)n1. The lowest BCUT2D eigenvalue weighted by Gasteiger charge is -2.26. The Morgan fingerprint density at radius 2 is 2.00 bits per heavy atom. The first kappa shape index (κ1) is 22.9. The van der Waals surface area contributed by atoms with Crippen molar-refractivity contribution in [1.82, 2.24) is 24.0 Å². The van der Waals surface area contributed by atoms with Crippen molar-refractivity contribution in [3.8, 4) is 5.88 Å². The molecule has 3 heterocycles. The van der Waals surface area contributed by atoms with Crippen LogP contribution in [0.4, 0.5) is 5.82 Å². The van der Waals surface area contributed by atoms with Gasteiger partial charge >= 0.3 is 0 Å². The van der Waals surface area contributed by atoms with Gasteiger partial charge in [0.2, 0.25) is 11.7 Å². The quantitative estimate of drug-likeness (QED) is 0.378. The van der Waals surface area contributed by atoms with Gasteiger partial charge in [-0.1, -0.05) is 30.3 Å². The summed E-state index contributed by atoms with van der Waals surface area (Å²) in [5.41, 5.74) is 6.06. The first-order chi connectivity index (χ1) is 16.1. The molecule has 1 amide bonds. The topological polar surface area (TPSA) is 107 Å². The number of carbonyl (C=O) groups excluding carboxylic acids is 1. The van der Waals surface area contributed by atoms with E-state index in [1.54, 1.807) is 0 Å². The highest BCUT2D eigenvalue weighted by Crippen LogP contribution is 2.26. The molecule has 0 bridgehead atoms. The van der Waals surface area contributed by atoms with Gasteiger partial charge in [0.15, 0.2) is 0 Å². The van der Waals surface area contributed by atoms with Gasteiger partial charge < -0.3 is 14.4 Å². The van der Waals surface area contributed by atoms with Gasteiger partial charge in [0, 0.05) is 30.8 Å². The summed E-state index contributed by atoms with van der Waals surface area (Å²) < 4.78 is 21.9. The van der Waals surface area contributed by atoms with E-state index in [2.05, 4.69) is 29.3 Å². The molecule has 0 unspecified atom stereocenters. The first-order valence-electron chi connectivity index (χ1n) is 10.8. The number of aromatic nitrogens is 4. The third-order valence-corrected chi connectivity index (χ3v) is 5.68. The molecule has 0 saturated carbocycles. The van der Waals surface area contributed by atoms with Gasteiger partial charge in [-0.25, -0.2) is 5.43 Å². The zero-order valence-corrected chi connectivity index (χ0v) is 19.5. The molecule has 174 valence electrons. The summed E-state index contributed by atoms with van der Waals surface area (Å²) in [6.45, 7) is 7.33. The zero-order valence-electron chi connectivity index (χ0n) is 18.7. The maximum atomic E-state index is 12.4. The highest BCUT2D eigenvalue weighted by atomic mass is 32.1. The fourth-order valence-corrected chi connectivity index (χ4v) is 4.00. The number of carbonyl (C=O) groups is 1. The second kappa shape index (κ2) is 11.0. The molecule has 1 aliphatic rings.